The Hall–Kier alpha value is -2.62. The predicted molar refractivity (Wildman–Crippen MR) is 96.2 cm³/mol. The third-order valence-electron chi connectivity index (χ3n) is 4.77. The molecule has 1 amide bonds. The van der Waals surface area contributed by atoms with Gasteiger partial charge in [0.2, 0.25) is 5.91 Å². The molecule has 130 valence electrons. The highest BCUT2D eigenvalue weighted by Crippen LogP contribution is 2.31. The molecule has 2 aromatic rings. The normalized spacial score (nSPS) is 17.2. The maximum Gasteiger partial charge on any atom is 0.328 e. The van der Waals surface area contributed by atoms with E-state index in [0.717, 1.165) is 30.4 Å². The van der Waals surface area contributed by atoms with Crippen LogP contribution < -0.4 is 5.32 Å². The second-order valence-electron chi connectivity index (χ2n) is 6.42. The van der Waals surface area contributed by atoms with E-state index in [1.807, 2.05) is 48.5 Å². The van der Waals surface area contributed by atoms with Crippen LogP contribution in [0, 0.1) is 0 Å². The van der Waals surface area contributed by atoms with Crippen LogP contribution in [0.3, 0.4) is 0 Å². The fourth-order valence-corrected chi connectivity index (χ4v) is 3.48. The first-order valence-corrected chi connectivity index (χ1v) is 8.69. The molecule has 1 N–H and O–H groups in total. The van der Waals surface area contributed by atoms with Crippen LogP contribution >= 0.6 is 0 Å². The van der Waals surface area contributed by atoms with Crippen molar-refractivity contribution in [3.05, 3.63) is 71.3 Å². The molecule has 3 rings (SSSR count). The molecule has 0 unspecified atom stereocenters. The molecule has 2 atom stereocenters. The molecule has 0 spiro atoms. The highest BCUT2D eigenvalue weighted by Gasteiger charge is 2.30. The molecule has 0 fully saturated rings. The Balaban J connectivity index is 1.76. The molecule has 0 bridgehead atoms. The van der Waals surface area contributed by atoms with E-state index in [0.29, 0.717) is 6.42 Å². The standard InChI is InChI=1S/C21H23NO3/c1-25-21(24)19(14-15-8-3-2-4-9-15)22-20(23)18-13-7-11-16-10-5-6-12-17(16)18/h2-6,8-10,12,18-19H,7,11,13-14H2,1H3,(H,22,23)/t18-,19+/m1/s1. The largest absolute Gasteiger partial charge is 0.467 e. The van der Waals surface area contributed by atoms with Crippen molar-refractivity contribution in [3.63, 3.8) is 0 Å². The van der Waals surface area contributed by atoms with Gasteiger partial charge in [0.15, 0.2) is 0 Å². The minimum absolute atomic E-state index is 0.0986. The quantitative estimate of drug-likeness (QED) is 0.853. The first-order chi connectivity index (χ1) is 12.2. The van der Waals surface area contributed by atoms with E-state index >= 15 is 0 Å². The molecule has 2 aromatic carbocycles. The molecule has 0 aliphatic heterocycles. The molecule has 25 heavy (non-hydrogen) atoms. The summed E-state index contributed by atoms with van der Waals surface area (Å²) < 4.78 is 4.89. The summed E-state index contributed by atoms with van der Waals surface area (Å²) in [4.78, 5) is 25.0. The number of ether oxygens (including phenoxy) is 1. The summed E-state index contributed by atoms with van der Waals surface area (Å²) >= 11 is 0. The van der Waals surface area contributed by atoms with Gasteiger partial charge in [0.1, 0.15) is 6.04 Å². The van der Waals surface area contributed by atoms with Crippen LogP contribution in [0.2, 0.25) is 0 Å². The Bertz CT molecular complexity index is 742. The number of benzene rings is 2. The number of aryl methyl sites for hydroxylation is 1. The average Bonchev–Trinajstić information content (AvgIpc) is 2.67. The van der Waals surface area contributed by atoms with E-state index in [9.17, 15) is 9.59 Å². The van der Waals surface area contributed by atoms with Crippen LogP contribution in [0.1, 0.15) is 35.4 Å². The van der Waals surface area contributed by atoms with E-state index in [1.165, 1.54) is 12.7 Å². The Morgan fingerprint density at radius 2 is 1.84 bits per heavy atom. The van der Waals surface area contributed by atoms with Crippen molar-refractivity contribution >= 4 is 11.9 Å². The molecular formula is C21H23NO3. The lowest BCUT2D eigenvalue weighted by Crippen LogP contribution is -2.45. The number of hydrogen-bond donors (Lipinski definition) is 1. The van der Waals surface area contributed by atoms with E-state index in [2.05, 4.69) is 11.4 Å². The first kappa shape index (κ1) is 17.2. The summed E-state index contributed by atoms with van der Waals surface area (Å²) in [7, 11) is 1.35. The second kappa shape index (κ2) is 7.97. The third kappa shape index (κ3) is 4.08. The molecular weight excluding hydrogens is 314 g/mol. The monoisotopic (exact) mass is 337 g/mol. The average molecular weight is 337 g/mol. The summed E-state index contributed by atoms with van der Waals surface area (Å²) in [5, 5.41) is 2.91. The van der Waals surface area contributed by atoms with E-state index < -0.39 is 12.0 Å². The third-order valence-corrected chi connectivity index (χ3v) is 4.77. The summed E-state index contributed by atoms with van der Waals surface area (Å²) in [6, 6.07) is 17.0. The Morgan fingerprint density at radius 3 is 2.60 bits per heavy atom. The number of nitrogens with one attached hydrogen (secondary N) is 1. The van der Waals surface area contributed by atoms with Gasteiger partial charge in [-0.3, -0.25) is 4.79 Å². The molecule has 4 nitrogen and oxygen atoms in total. The first-order valence-electron chi connectivity index (χ1n) is 8.69. The van der Waals surface area contributed by atoms with Crippen LogP contribution in [-0.2, 0) is 27.2 Å². The van der Waals surface area contributed by atoms with Crippen molar-refractivity contribution in [3.8, 4) is 0 Å². The van der Waals surface area contributed by atoms with Crippen LogP contribution in [0.25, 0.3) is 0 Å². The summed E-state index contributed by atoms with van der Waals surface area (Å²) in [5.74, 6) is -0.715. The van der Waals surface area contributed by atoms with Crippen LogP contribution in [0.5, 0.6) is 0 Å². The Kier molecular flexibility index (Phi) is 5.49. The summed E-state index contributed by atoms with van der Waals surface area (Å²) in [6.07, 6.45) is 3.22. The Labute approximate surface area is 148 Å². The molecule has 0 radical (unpaired) electrons. The molecule has 1 aliphatic carbocycles. The van der Waals surface area contributed by atoms with Gasteiger partial charge in [-0.2, -0.15) is 0 Å². The molecule has 0 saturated carbocycles. The zero-order valence-corrected chi connectivity index (χ0v) is 14.4. The lowest BCUT2D eigenvalue weighted by molar-refractivity contribution is -0.145. The maximum absolute atomic E-state index is 12.9. The zero-order valence-electron chi connectivity index (χ0n) is 14.4. The number of rotatable bonds is 5. The topological polar surface area (TPSA) is 55.4 Å². The SMILES string of the molecule is COC(=O)[C@H](Cc1ccccc1)NC(=O)[C@@H]1CCCc2ccccc21. The van der Waals surface area contributed by atoms with Crippen molar-refractivity contribution in [2.75, 3.05) is 7.11 Å². The number of carbonyl (C=O) groups is 2. The van der Waals surface area contributed by atoms with Gasteiger partial charge in [-0.1, -0.05) is 54.6 Å². The van der Waals surface area contributed by atoms with Crippen LogP contribution in [0.4, 0.5) is 0 Å². The van der Waals surface area contributed by atoms with Crippen LogP contribution in [0.15, 0.2) is 54.6 Å². The van der Waals surface area contributed by atoms with E-state index in [-0.39, 0.29) is 11.8 Å². The van der Waals surface area contributed by atoms with Crippen molar-refractivity contribution in [2.24, 2.45) is 0 Å². The minimum Gasteiger partial charge on any atom is -0.467 e. The highest BCUT2D eigenvalue weighted by atomic mass is 16.5. The lowest BCUT2D eigenvalue weighted by Gasteiger charge is -2.26. The van der Waals surface area contributed by atoms with Crippen LogP contribution in [-0.4, -0.2) is 25.0 Å². The highest BCUT2D eigenvalue weighted by molar-refractivity contribution is 5.89. The zero-order chi connectivity index (χ0) is 17.6. The van der Waals surface area contributed by atoms with Gasteiger partial charge in [0, 0.05) is 6.42 Å². The van der Waals surface area contributed by atoms with Crippen molar-refractivity contribution in [1.29, 1.82) is 0 Å². The number of fused-ring (bicyclic) bond motifs is 1. The maximum atomic E-state index is 12.9. The summed E-state index contributed by atoms with van der Waals surface area (Å²) in [5.41, 5.74) is 3.29. The fourth-order valence-electron chi connectivity index (χ4n) is 3.48. The van der Waals surface area contributed by atoms with Gasteiger partial charge >= 0.3 is 5.97 Å². The molecule has 0 heterocycles. The van der Waals surface area contributed by atoms with Crippen molar-refractivity contribution < 1.29 is 14.3 Å². The minimum atomic E-state index is -0.672. The summed E-state index contributed by atoms with van der Waals surface area (Å²) in [6.45, 7) is 0. The van der Waals surface area contributed by atoms with Crippen molar-refractivity contribution in [2.45, 2.75) is 37.6 Å². The lowest BCUT2D eigenvalue weighted by atomic mass is 9.82. The van der Waals surface area contributed by atoms with E-state index in [4.69, 9.17) is 4.74 Å². The van der Waals surface area contributed by atoms with Gasteiger partial charge in [0.05, 0.1) is 13.0 Å². The fraction of sp³-hybridized carbons (Fsp3) is 0.333. The number of esters is 1. The number of methoxy groups -OCH3 is 1. The molecule has 4 heteroatoms. The number of hydrogen-bond acceptors (Lipinski definition) is 3. The van der Waals surface area contributed by atoms with Gasteiger partial charge in [-0.05, 0) is 36.0 Å². The number of carbonyl (C=O) groups excluding carboxylic acids is 2. The predicted octanol–water partition coefficient (Wildman–Crippen LogP) is 3.01. The number of amides is 1. The van der Waals surface area contributed by atoms with Gasteiger partial charge < -0.3 is 10.1 Å². The van der Waals surface area contributed by atoms with E-state index in [1.54, 1.807) is 0 Å². The van der Waals surface area contributed by atoms with Gasteiger partial charge in [0.25, 0.3) is 0 Å². The van der Waals surface area contributed by atoms with Gasteiger partial charge in [-0.15, -0.1) is 0 Å². The smallest absolute Gasteiger partial charge is 0.328 e. The van der Waals surface area contributed by atoms with Gasteiger partial charge in [-0.25, -0.2) is 4.79 Å². The Morgan fingerprint density at radius 1 is 1.12 bits per heavy atom. The molecule has 0 aromatic heterocycles. The second-order valence-corrected chi connectivity index (χ2v) is 6.42. The van der Waals surface area contributed by atoms with Crippen molar-refractivity contribution in [1.82, 2.24) is 5.32 Å². The molecule has 1 aliphatic rings. The molecule has 0 saturated heterocycles.